The van der Waals surface area contributed by atoms with Gasteiger partial charge in [0.2, 0.25) is 5.91 Å². The van der Waals surface area contributed by atoms with Gasteiger partial charge in [0, 0.05) is 33.8 Å². The molecule has 4 aromatic rings. The summed E-state index contributed by atoms with van der Waals surface area (Å²) < 4.78 is 8.46. The second-order valence-electron chi connectivity index (χ2n) is 7.11. The summed E-state index contributed by atoms with van der Waals surface area (Å²) in [4.78, 5) is 16.8. The molecule has 0 spiro atoms. The van der Waals surface area contributed by atoms with Crippen LogP contribution in [0, 0.1) is 6.92 Å². The lowest BCUT2D eigenvalue weighted by atomic mass is 10.2. The van der Waals surface area contributed by atoms with Gasteiger partial charge in [-0.05, 0) is 74.0 Å². The molecule has 0 bridgehead atoms. The second kappa shape index (κ2) is 10.6. The van der Waals surface area contributed by atoms with Crippen molar-refractivity contribution in [3.63, 3.8) is 0 Å². The Labute approximate surface area is 204 Å². The van der Waals surface area contributed by atoms with Crippen molar-refractivity contribution >= 4 is 39.3 Å². The number of carbonyl (C=O) groups excluding carboxylic acids is 1. The maximum absolute atomic E-state index is 12.6. The molecule has 0 aliphatic carbocycles. The molecule has 168 valence electrons. The SMILES string of the molecule is CCOc1ccc(-n2c(SCC(=O)Nc3ccc(Br)cc3C)nnc2-c2cccnc2)cc1. The van der Waals surface area contributed by atoms with Crippen LogP contribution in [0.2, 0.25) is 0 Å². The molecule has 0 atom stereocenters. The van der Waals surface area contributed by atoms with Crippen LogP contribution in [0.25, 0.3) is 17.1 Å². The average Bonchev–Trinajstić information content (AvgIpc) is 3.25. The molecule has 0 fully saturated rings. The van der Waals surface area contributed by atoms with E-state index >= 15 is 0 Å². The van der Waals surface area contributed by atoms with E-state index in [9.17, 15) is 4.79 Å². The molecule has 9 heteroatoms. The zero-order valence-electron chi connectivity index (χ0n) is 18.2. The number of rotatable bonds is 8. The molecule has 2 aromatic carbocycles. The summed E-state index contributed by atoms with van der Waals surface area (Å²) in [7, 11) is 0. The molecule has 0 aliphatic heterocycles. The molecule has 33 heavy (non-hydrogen) atoms. The number of hydrogen-bond donors (Lipinski definition) is 1. The summed E-state index contributed by atoms with van der Waals surface area (Å²) >= 11 is 4.77. The van der Waals surface area contributed by atoms with Gasteiger partial charge in [-0.25, -0.2) is 0 Å². The highest BCUT2D eigenvalue weighted by Gasteiger charge is 2.18. The number of anilines is 1. The number of nitrogens with one attached hydrogen (secondary N) is 1. The predicted octanol–water partition coefficient (Wildman–Crippen LogP) is 5.53. The Kier molecular flexibility index (Phi) is 7.41. The number of carbonyl (C=O) groups is 1. The molecular weight excluding hydrogens is 502 g/mol. The molecule has 2 heterocycles. The first-order valence-corrected chi connectivity index (χ1v) is 12.1. The van der Waals surface area contributed by atoms with Crippen molar-refractivity contribution in [2.24, 2.45) is 0 Å². The standard InChI is InChI=1S/C24H22BrN5O2S/c1-3-32-20-9-7-19(8-10-20)30-23(17-5-4-12-26-14-17)28-29-24(30)33-15-22(31)27-21-11-6-18(25)13-16(21)2/h4-14H,3,15H2,1-2H3,(H,27,31). The quantitative estimate of drug-likeness (QED) is 0.306. The lowest BCUT2D eigenvalue weighted by Gasteiger charge is -2.12. The molecule has 2 aromatic heterocycles. The second-order valence-corrected chi connectivity index (χ2v) is 8.96. The zero-order valence-corrected chi connectivity index (χ0v) is 20.6. The van der Waals surface area contributed by atoms with Gasteiger partial charge in [-0.2, -0.15) is 0 Å². The molecule has 0 aliphatic rings. The Morgan fingerprint density at radius 2 is 1.97 bits per heavy atom. The van der Waals surface area contributed by atoms with E-state index in [4.69, 9.17) is 4.74 Å². The Bertz CT molecular complexity index is 1250. The van der Waals surface area contributed by atoms with E-state index in [-0.39, 0.29) is 11.7 Å². The molecule has 1 N–H and O–H groups in total. The van der Waals surface area contributed by atoms with Crippen molar-refractivity contribution in [1.29, 1.82) is 0 Å². The molecule has 0 saturated heterocycles. The maximum Gasteiger partial charge on any atom is 0.234 e. The summed E-state index contributed by atoms with van der Waals surface area (Å²) in [6.07, 6.45) is 3.46. The molecule has 7 nitrogen and oxygen atoms in total. The number of aromatic nitrogens is 4. The van der Waals surface area contributed by atoms with Crippen LogP contribution in [-0.2, 0) is 4.79 Å². The first-order chi connectivity index (χ1) is 16.0. The highest BCUT2D eigenvalue weighted by Crippen LogP contribution is 2.29. The van der Waals surface area contributed by atoms with E-state index < -0.39 is 0 Å². The van der Waals surface area contributed by atoms with Crippen LogP contribution in [0.15, 0.2) is 76.6 Å². The Morgan fingerprint density at radius 1 is 1.15 bits per heavy atom. The van der Waals surface area contributed by atoms with Crippen molar-refractivity contribution in [3.8, 4) is 22.8 Å². The van der Waals surface area contributed by atoms with Gasteiger partial charge in [0.1, 0.15) is 5.75 Å². The van der Waals surface area contributed by atoms with Crippen molar-refractivity contribution < 1.29 is 9.53 Å². The van der Waals surface area contributed by atoms with Crippen LogP contribution in [0.4, 0.5) is 5.69 Å². The van der Waals surface area contributed by atoms with Crippen LogP contribution >= 0.6 is 27.7 Å². The van der Waals surface area contributed by atoms with Gasteiger partial charge >= 0.3 is 0 Å². The third kappa shape index (κ3) is 5.61. The Balaban J connectivity index is 1.58. The van der Waals surface area contributed by atoms with Crippen LogP contribution in [0.1, 0.15) is 12.5 Å². The molecule has 4 rings (SSSR count). The summed E-state index contributed by atoms with van der Waals surface area (Å²) in [5.41, 5.74) is 3.47. The number of benzene rings is 2. The minimum Gasteiger partial charge on any atom is -0.494 e. The largest absolute Gasteiger partial charge is 0.494 e. The minimum absolute atomic E-state index is 0.116. The van der Waals surface area contributed by atoms with Gasteiger partial charge in [0.15, 0.2) is 11.0 Å². The lowest BCUT2D eigenvalue weighted by Crippen LogP contribution is -2.15. The summed E-state index contributed by atoms with van der Waals surface area (Å²) in [5.74, 6) is 1.52. The molecule has 0 saturated carbocycles. The van der Waals surface area contributed by atoms with Gasteiger partial charge in [0.25, 0.3) is 0 Å². The summed E-state index contributed by atoms with van der Waals surface area (Å²) in [6.45, 7) is 4.50. The number of pyridine rings is 1. The van der Waals surface area contributed by atoms with Gasteiger partial charge in [-0.1, -0.05) is 27.7 Å². The van der Waals surface area contributed by atoms with Crippen molar-refractivity contribution in [1.82, 2.24) is 19.7 Å². The van der Waals surface area contributed by atoms with Crippen LogP contribution in [0.5, 0.6) is 5.75 Å². The number of halogens is 1. The number of nitrogens with zero attached hydrogens (tertiary/aromatic N) is 4. The maximum atomic E-state index is 12.6. The van der Waals surface area contributed by atoms with E-state index in [2.05, 4.69) is 36.4 Å². The fourth-order valence-corrected chi connectivity index (χ4v) is 4.45. The van der Waals surface area contributed by atoms with Gasteiger partial charge in [-0.15, -0.1) is 10.2 Å². The van der Waals surface area contributed by atoms with Gasteiger partial charge in [0.05, 0.1) is 12.4 Å². The number of aryl methyl sites for hydroxylation is 1. The lowest BCUT2D eigenvalue weighted by molar-refractivity contribution is -0.113. The van der Waals surface area contributed by atoms with Crippen LogP contribution in [-0.4, -0.2) is 38.0 Å². The molecule has 0 radical (unpaired) electrons. The molecular formula is C24H22BrN5O2S. The number of ether oxygens (including phenoxy) is 1. The number of thioether (sulfide) groups is 1. The average molecular weight is 524 g/mol. The number of hydrogen-bond acceptors (Lipinski definition) is 6. The smallest absolute Gasteiger partial charge is 0.234 e. The fourth-order valence-electron chi connectivity index (χ4n) is 3.22. The molecule has 0 unspecified atom stereocenters. The highest BCUT2D eigenvalue weighted by molar-refractivity contribution is 9.10. The van der Waals surface area contributed by atoms with Gasteiger partial charge in [-0.3, -0.25) is 14.3 Å². The fraction of sp³-hybridized carbons (Fsp3) is 0.167. The third-order valence-corrected chi connectivity index (χ3v) is 6.18. The van der Waals surface area contributed by atoms with E-state index in [0.717, 1.165) is 32.7 Å². The van der Waals surface area contributed by atoms with Crippen LogP contribution in [0.3, 0.4) is 0 Å². The summed E-state index contributed by atoms with van der Waals surface area (Å²) in [6, 6.07) is 17.2. The normalized spacial score (nSPS) is 10.8. The first kappa shape index (κ1) is 23.0. The molecule has 1 amide bonds. The third-order valence-electron chi connectivity index (χ3n) is 4.75. The minimum atomic E-state index is -0.116. The topological polar surface area (TPSA) is 81.9 Å². The highest BCUT2D eigenvalue weighted by atomic mass is 79.9. The summed E-state index contributed by atoms with van der Waals surface area (Å²) in [5, 5.41) is 12.3. The van der Waals surface area contributed by atoms with E-state index in [0.29, 0.717) is 17.6 Å². The van der Waals surface area contributed by atoms with Gasteiger partial charge < -0.3 is 10.1 Å². The van der Waals surface area contributed by atoms with E-state index in [1.807, 2.05) is 73.0 Å². The van der Waals surface area contributed by atoms with Crippen molar-refractivity contribution in [2.45, 2.75) is 19.0 Å². The van der Waals surface area contributed by atoms with E-state index in [1.165, 1.54) is 11.8 Å². The predicted molar refractivity (Wildman–Crippen MR) is 134 cm³/mol. The Hall–Kier alpha value is -3.17. The van der Waals surface area contributed by atoms with Crippen LogP contribution < -0.4 is 10.1 Å². The first-order valence-electron chi connectivity index (χ1n) is 10.3. The van der Waals surface area contributed by atoms with E-state index in [1.54, 1.807) is 12.4 Å². The van der Waals surface area contributed by atoms with Crippen molar-refractivity contribution in [2.75, 3.05) is 17.7 Å². The number of amides is 1. The monoisotopic (exact) mass is 523 g/mol. The Morgan fingerprint density at radius 3 is 2.67 bits per heavy atom. The van der Waals surface area contributed by atoms with Crippen molar-refractivity contribution in [3.05, 3.63) is 77.0 Å². The zero-order chi connectivity index (χ0) is 23.2.